The summed E-state index contributed by atoms with van der Waals surface area (Å²) in [5, 5.41) is 26.6. The Morgan fingerprint density at radius 3 is 2.47 bits per heavy atom. The van der Waals surface area contributed by atoms with E-state index in [4.69, 9.17) is 0 Å². The van der Waals surface area contributed by atoms with Gasteiger partial charge in [-0.15, -0.1) is 0 Å². The van der Waals surface area contributed by atoms with Gasteiger partial charge in [-0.05, 0) is 91.4 Å². The van der Waals surface area contributed by atoms with Gasteiger partial charge in [-0.1, -0.05) is 60.1 Å². The van der Waals surface area contributed by atoms with E-state index in [0.29, 0.717) is 17.8 Å². The van der Waals surface area contributed by atoms with Gasteiger partial charge in [0.2, 0.25) is 0 Å². The summed E-state index contributed by atoms with van der Waals surface area (Å²) >= 11 is 0. The summed E-state index contributed by atoms with van der Waals surface area (Å²) in [5.74, 6) is 1.84. The summed E-state index contributed by atoms with van der Waals surface area (Å²) in [5.41, 5.74) is 5.80. The van der Waals surface area contributed by atoms with Crippen molar-refractivity contribution in [1.29, 1.82) is 0 Å². The summed E-state index contributed by atoms with van der Waals surface area (Å²) in [6, 6.07) is 10.4. The number of fused-ring (bicyclic) bond motifs is 5. The highest BCUT2D eigenvalue weighted by Gasteiger charge is 2.59. The molecular formula is C26H32N2O2. The maximum absolute atomic E-state index is 10.0. The highest BCUT2D eigenvalue weighted by molar-refractivity contribution is 6.09. The van der Waals surface area contributed by atoms with Gasteiger partial charge in [-0.2, -0.15) is 0 Å². The van der Waals surface area contributed by atoms with E-state index in [9.17, 15) is 10.4 Å². The number of allylic oxidation sites excluding steroid dienone is 3. The van der Waals surface area contributed by atoms with Crippen LogP contribution in [0, 0.1) is 28.6 Å². The van der Waals surface area contributed by atoms with Crippen LogP contribution < -0.4 is 0 Å². The fourth-order valence-corrected chi connectivity index (χ4v) is 7.40. The smallest absolute Gasteiger partial charge is 0.0889 e. The second-order valence-corrected chi connectivity index (χ2v) is 10.3. The number of rotatable bonds is 1. The third-order valence-electron chi connectivity index (χ3n) is 9.02. The predicted octanol–water partition coefficient (Wildman–Crippen LogP) is 6.30. The SMILES string of the molecule is C[C@]12CC/C(=N\O)C=C1CC[C@@H]1[C@@H]2CC[C@]2(C)C(=N/O)/C(=C/c3ccccc3)C[C@@H]12. The Morgan fingerprint density at radius 2 is 1.73 bits per heavy atom. The topological polar surface area (TPSA) is 65.2 Å². The van der Waals surface area contributed by atoms with Gasteiger partial charge in [0.25, 0.3) is 0 Å². The van der Waals surface area contributed by atoms with Gasteiger partial charge in [0.05, 0.1) is 11.4 Å². The molecule has 0 spiro atoms. The average Bonchev–Trinajstić information content (AvgIpc) is 3.04. The average molecular weight is 405 g/mol. The first-order valence-electron chi connectivity index (χ1n) is 11.4. The van der Waals surface area contributed by atoms with Crippen LogP contribution in [0.15, 0.2) is 57.9 Å². The van der Waals surface area contributed by atoms with Crippen molar-refractivity contribution in [3.63, 3.8) is 0 Å². The zero-order valence-electron chi connectivity index (χ0n) is 18.0. The Morgan fingerprint density at radius 1 is 0.933 bits per heavy atom. The molecule has 0 radical (unpaired) electrons. The summed E-state index contributed by atoms with van der Waals surface area (Å²) in [7, 11) is 0. The van der Waals surface area contributed by atoms with E-state index in [0.717, 1.165) is 43.5 Å². The molecule has 5 atom stereocenters. The first kappa shape index (κ1) is 19.6. The molecule has 0 heterocycles. The fraction of sp³-hybridized carbons (Fsp3) is 0.538. The summed E-state index contributed by atoms with van der Waals surface area (Å²) < 4.78 is 0. The molecule has 0 bridgehead atoms. The molecule has 0 aromatic heterocycles. The lowest BCUT2D eigenvalue weighted by Gasteiger charge is -2.57. The van der Waals surface area contributed by atoms with Crippen LogP contribution >= 0.6 is 0 Å². The maximum atomic E-state index is 10.0. The zero-order chi connectivity index (χ0) is 20.9. The highest BCUT2D eigenvalue weighted by Crippen LogP contribution is 2.65. The van der Waals surface area contributed by atoms with E-state index in [-0.39, 0.29) is 10.8 Å². The number of nitrogens with zero attached hydrogens (tertiary/aromatic N) is 2. The molecule has 1 aromatic carbocycles. The van der Waals surface area contributed by atoms with E-state index in [1.165, 1.54) is 29.6 Å². The Bertz CT molecular complexity index is 961. The molecule has 3 fully saturated rings. The van der Waals surface area contributed by atoms with Gasteiger partial charge in [0, 0.05) is 5.41 Å². The second-order valence-electron chi connectivity index (χ2n) is 10.3. The minimum absolute atomic E-state index is 0.0412. The molecular weight excluding hydrogens is 372 g/mol. The normalized spacial score (nSPS) is 42.0. The van der Waals surface area contributed by atoms with Gasteiger partial charge in [-0.3, -0.25) is 0 Å². The van der Waals surface area contributed by atoms with Gasteiger partial charge in [0.1, 0.15) is 0 Å². The van der Waals surface area contributed by atoms with Crippen molar-refractivity contribution in [3.8, 4) is 0 Å². The Kier molecular flexibility index (Phi) is 4.64. The van der Waals surface area contributed by atoms with Crippen LogP contribution in [-0.4, -0.2) is 21.8 Å². The van der Waals surface area contributed by atoms with Crippen LogP contribution in [0.2, 0.25) is 0 Å². The molecule has 30 heavy (non-hydrogen) atoms. The monoisotopic (exact) mass is 404 g/mol. The lowest BCUT2D eigenvalue weighted by atomic mass is 9.47. The number of hydrogen-bond donors (Lipinski definition) is 2. The van der Waals surface area contributed by atoms with Crippen molar-refractivity contribution in [1.82, 2.24) is 0 Å². The van der Waals surface area contributed by atoms with Crippen LogP contribution in [0.4, 0.5) is 0 Å². The van der Waals surface area contributed by atoms with Gasteiger partial charge in [-0.25, -0.2) is 0 Å². The molecule has 158 valence electrons. The Balaban J connectivity index is 1.50. The second kappa shape index (κ2) is 7.11. The Labute approximate surface area is 179 Å². The first-order chi connectivity index (χ1) is 14.5. The van der Waals surface area contributed by atoms with E-state index in [1.54, 1.807) is 0 Å². The van der Waals surface area contributed by atoms with Crippen molar-refractivity contribution in [2.24, 2.45) is 38.9 Å². The van der Waals surface area contributed by atoms with Crippen LogP contribution in [0.5, 0.6) is 0 Å². The van der Waals surface area contributed by atoms with E-state index in [2.05, 4.69) is 60.6 Å². The Hall–Kier alpha value is -2.36. The minimum atomic E-state index is -0.0412. The highest BCUT2D eigenvalue weighted by atomic mass is 16.4. The zero-order valence-corrected chi connectivity index (χ0v) is 18.0. The molecule has 4 nitrogen and oxygen atoms in total. The molecule has 0 aliphatic heterocycles. The van der Waals surface area contributed by atoms with Crippen LogP contribution in [-0.2, 0) is 0 Å². The van der Waals surface area contributed by atoms with Crippen LogP contribution in [0.25, 0.3) is 6.08 Å². The van der Waals surface area contributed by atoms with Crippen molar-refractivity contribution < 1.29 is 10.4 Å². The standard InChI is InChI=1S/C26H32N2O2/c1-25-12-10-20(27-29)16-19(25)8-9-21-22(25)11-13-26(2)23(21)15-18(24(26)28-30)14-17-6-4-3-5-7-17/h3-7,14,16,21-23,29-30H,8-13,15H2,1-2H3/b18-14+,27-20+,28-24+/t21-,22+,23+,25+,26+/m1/s1. The minimum Gasteiger partial charge on any atom is -0.411 e. The molecule has 4 aliphatic carbocycles. The lowest BCUT2D eigenvalue weighted by Crippen LogP contribution is -2.50. The van der Waals surface area contributed by atoms with Gasteiger partial charge < -0.3 is 10.4 Å². The first-order valence-corrected chi connectivity index (χ1v) is 11.4. The molecule has 3 saturated carbocycles. The quantitative estimate of drug-likeness (QED) is 0.426. The molecule has 4 aliphatic rings. The van der Waals surface area contributed by atoms with Gasteiger partial charge >= 0.3 is 0 Å². The van der Waals surface area contributed by atoms with Gasteiger partial charge in [0.15, 0.2) is 0 Å². The third kappa shape index (κ3) is 2.79. The van der Waals surface area contributed by atoms with Crippen molar-refractivity contribution in [2.45, 2.75) is 58.8 Å². The third-order valence-corrected chi connectivity index (χ3v) is 9.02. The maximum Gasteiger partial charge on any atom is 0.0889 e. The molecule has 5 rings (SSSR count). The predicted molar refractivity (Wildman–Crippen MR) is 120 cm³/mol. The molecule has 0 amide bonds. The molecule has 0 unspecified atom stereocenters. The summed E-state index contributed by atoms with van der Waals surface area (Å²) in [6.45, 7) is 4.78. The molecule has 4 heteroatoms. The van der Waals surface area contributed by atoms with Crippen molar-refractivity contribution in [2.75, 3.05) is 0 Å². The molecule has 2 N–H and O–H groups in total. The number of hydrogen-bond acceptors (Lipinski definition) is 4. The summed E-state index contributed by atoms with van der Waals surface area (Å²) in [4.78, 5) is 0. The van der Waals surface area contributed by atoms with E-state index >= 15 is 0 Å². The number of benzene rings is 1. The lowest BCUT2D eigenvalue weighted by molar-refractivity contribution is -0.0151. The van der Waals surface area contributed by atoms with Crippen LogP contribution in [0.3, 0.4) is 0 Å². The number of oxime groups is 2. The van der Waals surface area contributed by atoms with Crippen LogP contribution in [0.1, 0.15) is 64.4 Å². The summed E-state index contributed by atoms with van der Waals surface area (Å²) in [6.07, 6.45) is 11.9. The van der Waals surface area contributed by atoms with Crippen molar-refractivity contribution >= 4 is 17.5 Å². The van der Waals surface area contributed by atoms with E-state index in [1.807, 2.05) is 6.07 Å². The molecule has 1 aromatic rings. The molecule has 0 saturated heterocycles. The largest absolute Gasteiger partial charge is 0.411 e. The van der Waals surface area contributed by atoms with Crippen molar-refractivity contribution in [3.05, 3.63) is 53.1 Å². The van der Waals surface area contributed by atoms with E-state index < -0.39 is 0 Å². The fourth-order valence-electron chi connectivity index (χ4n) is 7.40.